The van der Waals surface area contributed by atoms with E-state index >= 15 is 0 Å². The third-order valence-corrected chi connectivity index (χ3v) is 2.66. The number of aliphatic hydroxyl groups excluding tert-OH is 1. The molecule has 0 aromatic rings. The van der Waals surface area contributed by atoms with Crippen LogP contribution in [0.1, 0.15) is 32.1 Å². The number of aliphatic hydroxyl groups is 1. The number of thiocarbonyl (C=S) groups is 1. The molecule has 0 radical (unpaired) electrons. The molecule has 1 rings (SSSR count). The first kappa shape index (κ1) is 11.9. The van der Waals surface area contributed by atoms with Gasteiger partial charge in [-0.2, -0.15) is 0 Å². The second-order valence-corrected chi connectivity index (χ2v) is 4.11. The number of rotatable bonds is 5. The zero-order chi connectivity index (χ0) is 10.2. The lowest BCUT2D eigenvalue weighted by Crippen LogP contribution is -2.30. The van der Waals surface area contributed by atoms with Crippen molar-refractivity contribution < 1.29 is 9.84 Å². The van der Waals surface area contributed by atoms with Crippen molar-refractivity contribution >= 4 is 17.2 Å². The molecule has 1 aliphatic heterocycles. The molecule has 2 N–H and O–H groups in total. The molecule has 0 bridgehead atoms. The van der Waals surface area contributed by atoms with Crippen molar-refractivity contribution in [3.05, 3.63) is 0 Å². The molecule has 82 valence electrons. The highest BCUT2D eigenvalue weighted by molar-refractivity contribution is 7.80. The summed E-state index contributed by atoms with van der Waals surface area (Å²) < 4.78 is 5.58. The minimum atomic E-state index is 0.218. The molecule has 0 amide bonds. The number of nitrogens with one attached hydrogen (secondary N) is 1. The van der Waals surface area contributed by atoms with E-state index in [-0.39, 0.29) is 6.61 Å². The van der Waals surface area contributed by atoms with E-state index in [2.05, 4.69) is 5.32 Å². The van der Waals surface area contributed by atoms with Gasteiger partial charge in [0.25, 0.3) is 0 Å². The zero-order valence-corrected chi connectivity index (χ0v) is 9.31. The van der Waals surface area contributed by atoms with E-state index in [9.17, 15) is 0 Å². The Morgan fingerprint density at radius 3 is 3.00 bits per heavy atom. The molecule has 0 aromatic carbocycles. The predicted molar refractivity (Wildman–Crippen MR) is 60.5 cm³/mol. The van der Waals surface area contributed by atoms with Crippen LogP contribution in [0.5, 0.6) is 0 Å². The van der Waals surface area contributed by atoms with Crippen LogP contribution in [0, 0.1) is 0 Å². The van der Waals surface area contributed by atoms with Crippen LogP contribution in [0.25, 0.3) is 0 Å². The summed E-state index contributed by atoms with van der Waals surface area (Å²) in [6, 6.07) is 0. The Balaban J connectivity index is 2.06. The summed E-state index contributed by atoms with van der Waals surface area (Å²) in [5.74, 6) is 0. The van der Waals surface area contributed by atoms with Gasteiger partial charge in [-0.05, 0) is 25.7 Å². The fraction of sp³-hybridized carbons (Fsp3) is 0.900. The highest BCUT2D eigenvalue weighted by Gasteiger charge is 2.15. The summed E-state index contributed by atoms with van der Waals surface area (Å²) in [5, 5.41) is 11.7. The van der Waals surface area contributed by atoms with Crippen molar-refractivity contribution in [1.82, 2.24) is 5.32 Å². The maximum absolute atomic E-state index is 8.59. The SMILES string of the molecule is OCCCNC(=S)CC1CCCCO1. The van der Waals surface area contributed by atoms with Crippen LogP contribution in [0.3, 0.4) is 0 Å². The molecule has 0 spiro atoms. The summed E-state index contributed by atoms with van der Waals surface area (Å²) >= 11 is 5.18. The minimum absolute atomic E-state index is 0.218. The lowest BCUT2D eigenvalue weighted by Gasteiger charge is -2.22. The quantitative estimate of drug-likeness (QED) is 0.537. The maximum atomic E-state index is 8.59. The van der Waals surface area contributed by atoms with Crippen LogP contribution in [-0.2, 0) is 4.74 Å². The second kappa shape index (κ2) is 7.15. The fourth-order valence-electron chi connectivity index (χ4n) is 1.55. The minimum Gasteiger partial charge on any atom is -0.396 e. The van der Waals surface area contributed by atoms with Crippen molar-refractivity contribution in [2.45, 2.75) is 38.2 Å². The summed E-state index contributed by atoms with van der Waals surface area (Å²) in [6.45, 7) is 1.86. The van der Waals surface area contributed by atoms with Crippen molar-refractivity contribution in [3.63, 3.8) is 0 Å². The molecule has 1 fully saturated rings. The van der Waals surface area contributed by atoms with Crippen LogP contribution in [0.2, 0.25) is 0 Å². The lowest BCUT2D eigenvalue weighted by atomic mass is 10.1. The zero-order valence-electron chi connectivity index (χ0n) is 8.50. The average molecular weight is 217 g/mol. The number of hydrogen-bond acceptors (Lipinski definition) is 3. The van der Waals surface area contributed by atoms with Gasteiger partial charge in [0, 0.05) is 26.2 Å². The maximum Gasteiger partial charge on any atom is 0.0779 e. The topological polar surface area (TPSA) is 41.5 Å². The van der Waals surface area contributed by atoms with E-state index in [0.717, 1.165) is 37.4 Å². The Kier molecular flexibility index (Phi) is 6.07. The van der Waals surface area contributed by atoms with E-state index in [0.29, 0.717) is 6.10 Å². The number of ether oxygens (including phenoxy) is 1. The Labute approximate surface area is 90.8 Å². The van der Waals surface area contributed by atoms with Crippen LogP contribution < -0.4 is 5.32 Å². The first-order valence-electron chi connectivity index (χ1n) is 5.32. The standard InChI is InChI=1S/C10H19NO2S/c12-6-3-5-11-10(14)8-9-4-1-2-7-13-9/h9,12H,1-8H2,(H,11,14). The Bertz CT molecular complexity index is 170. The van der Waals surface area contributed by atoms with Gasteiger partial charge in [0.05, 0.1) is 11.1 Å². The molecular weight excluding hydrogens is 198 g/mol. The Morgan fingerprint density at radius 2 is 2.36 bits per heavy atom. The molecule has 0 aliphatic carbocycles. The first-order chi connectivity index (χ1) is 6.83. The predicted octanol–water partition coefficient (Wildman–Crippen LogP) is 1.24. The molecular formula is C10H19NO2S. The third kappa shape index (κ3) is 4.88. The molecule has 1 saturated heterocycles. The molecule has 1 atom stereocenters. The monoisotopic (exact) mass is 217 g/mol. The summed E-state index contributed by atoms with van der Waals surface area (Å²) in [5.41, 5.74) is 0. The van der Waals surface area contributed by atoms with E-state index in [1.165, 1.54) is 12.8 Å². The van der Waals surface area contributed by atoms with Crippen molar-refractivity contribution in [3.8, 4) is 0 Å². The van der Waals surface area contributed by atoms with Crippen LogP contribution in [0.4, 0.5) is 0 Å². The largest absolute Gasteiger partial charge is 0.396 e. The van der Waals surface area contributed by atoms with Gasteiger partial charge in [0.15, 0.2) is 0 Å². The molecule has 1 aliphatic rings. The third-order valence-electron chi connectivity index (χ3n) is 2.34. The fourth-order valence-corrected chi connectivity index (χ4v) is 1.84. The molecule has 0 saturated carbocycles. The first-order valence-corrected chi connectivity index (χ1v) is 5.73. The number of hydrogen-bond donors (Lipinski definition) is 2. The van der Waals surface area contributed by atoms with Crippen LogP contribution in [-0.4, -0.2) is 36.0 Å². The van der Waals surface area contributed by atoms with Gasteiger partial charge in [-0.25, -0.2) is 0 Å². The van der Waals surface area contributed by atoms with Crippen molar-refractivity contribution in [2.24, 2.45) is 0 Å². The molecule has 1 unspecified atom stereocenters. The summed E-state index contributed by atoms with van der Waals surface area (Å²) in [4.78, 5) is 0.866. The van der Waals surface area contributed by atoms with Crippen molar-refractivity contribution in [1.29, 1.82) is 0 Å². The van der Waals surface area contributed by atoms with Crippen LogP contribution in [0.15, 0.2) is 0 Å². The lowest BCUT2D eigenvalue weighted by molar-refractivity contribution is 0.0210. The average Bonchev–Trinajstić information content (AvgIpc) is 2.20. The van der Waals surface area contributed by atoms with E-state index in [1.807, 2.05) is 0 Å². The normalized spacial score (nSPS) is 21.9. The molecule has 14 heavy (non-hydrogen) atoms. The van der Waals surface area contributed by atoms with E-state index in [4.69, 9.17) is 22.1 Å². The molecule has 4 heteroatoms. The highest BCUT2D eigenvalue weighted by Crippen LogP contribution is 2.15. The highest BCUT2D eigenvalue weighted by atomic mass is 32.1. The van der Waals surface area contributed by atoms with Gasteiger partial charge in [0.1, 0.15) is 0 Å². The van der Waals surface area contributed by atoms with Gasteiger partial charge >= 0.3 is 0 Å². The van der Waals surface area contributed by atoms with Gasteiger partial charge in [-0.3, -0.25) is 0 Å². The summed E-state index contributed by atoms with van der Waals surface area (Å²) in [6.07, 6.45) is 5.47. The second-order valence-electron chi connectivity index (χ2n) is 3.62. The van der Waals surface area contributed by atoms with Gasteiger partial charge in [-0.15, -0.1) is 0 Å². The van der Waals surface area contributed by atoms with E-state index < -0.39 is 0 Å². The van der Waals surface area contributed by atoms with Gasteiger partial charge in [0.2, 0.25) is 0 Å². The smallest absolute Gasteiger partial charge is 0.0779 e. The summed E-state index contributed by atoms with van der Waals surface area (Å²) in [7, 11) is 0. The molecule has 0 aromatic heterocycles. The van der Waals surface area contributed by atoms with E-state index in [1.54, 1.807) is 0 Å². The van der Waals surface area contributed by atoms with Crippen LogP contribution >= 0.6 is 12.2 Å². The Morgan fingerprint density at radius 1 is 1.50 bits per heavy atom. The Hall–Kier alpha value is -0.190. The van der Waals surface area contributed by atoms with Gasteiger partial charge < -0.3 is 15.2 Å². The van der Waals surface area contributed by atoms with Gasteiger partial charge in [-0.1, -0.05) is 12.2 Å². The van der Waals surface area contributed by atoms with Crippen molar-refractivity contribution in [2.75, 3.05) is 19.8 Å². The molecule has 3 nitrogen and oxygen atoms in total. The molecule has 1 heterocycles.